The van der Waals surface area contributed by atoms with Gasteiger partial charge in [-0.1, -0.05) is 49.7 Å². The molecule has 0 atom stereocenters. The first-order valence-corrected chi connectivity index (χ1v) is 8.01. The van der Waals surface area contributed by atoms with Crippen molar-refractivity contribution < 1.29 is 4.79 Å². The number of ketones is 1. The fraction of sp³-hybridized carbons (Fsp3) is 0.235. The van der Waals surface area contributed by atoms with Gasteiger partial charge in [0.2, 0.25) is 0 Å². The summed E-state index contributed by atoms with van der Waals surface area (Å²) in [6.07, 6.45) is 1.03. The lowest BCUT2D eigenvalue weighted by atomic mass is 9.98. The molecule has 0 spiro atoms. The maximum Gasteiger partial charge on any atom is 0.194 e. The van der Waals surface area contributed by atoms with E-state index < -0.39 is 0 Å². The van der Waals surface area contributed by atoms with E-state index in [0.717, 1.165) is 9.99 Å². The first-order chi connectivity index (χ1) is 9.47. The Balaban J connectivity index is 2.27. The van der Waals surface area contributed by atoms with Crippen LogP contribution in [0.3, 0.4) is 0 Å². The van der Waals surface area contributed by atoms with E-state index in [2.05, 4.69) is 36.4 Å². The molecule has 0 aromatic heterocycles. The van der Waals surface area contributed by atoms with Crippen LogP contribution < -0.4 is 0 Å². The third kappa shape index (κ3) is 3.83. The summed E-state index contributed by atoms with van der Waals surface area (Å²) < 4.78 is 0.920. The summed E-state index contributed by atoms with van der Waals surface area (Å²) in [4.78, 5) is 12.5. The van der Waals surface area contributed by atoms with Gasteiger partial charge in [-0.05, 0) is 58.7 Å². The molecule has 0 fully saturated rings. The molecule has 0 amide bonds. The molecule has 0 aliphatic carbocycles. The van der Waals surface area contributed by atoms with Crippen LogP contribution in [0.5, 0.6) is 0 Å². The molecular formula is C17H16ClIO. The lowest BCUT2D eigenvalue weighted by Crippen LogP contribution is -2.04. The summed E-state index contributed by atoms with van der Waals surface area (Å²) in [5, 5.41) is 0.588. The van der Waals surface area contributed by atoms with Crippen LogP contribution in [0, 0.1) is 9.49 Å². The van der Waals surface area contributed by atoms with E-state index in [4.69, 9.17) is 11.6 Å². The molecule has 0 radical (unpaired) electrons. The van der Waals surface area contributed by atoms with Gasteiger partial charge in [-0.3, -0.25) is 4.79 Å². The Bertz CT molecular complexity index is 617. The average Bonchev–Trinajstić information content (AvgIpc) is 2.41. The zero-order valence-corrected chi connectivity index (χ0v) is 14.4. The van der Waals surface area contributed by atoms with Crippen molar-refractivity contribution in [1.29, 1.82) is 0 Å². The predicted octanol–water partition coefficient (Wildman–Crippen LogP) is 5.37. The van der Waals surface area contributed by atoms with Crippen LogP contribution in [-0.2, 0) is 6.42 Å². The smallest absolute Gasteiger partial charge is 0.194 e. The first kappa shape index (κ1) is 15.5. The van der Waals surface area contributed by atoms with E-state index in [9.17, 15) is 4.79 Å². The summed E-state index contributed by atoms with van der Waals surface area (Å²) >= 11 is 8.14. The second kappa shape index (κ2) is 6.72. The molecule has 104 valence electrons. The second-order valence-corrected chi connectivity index (χ2v) is 6.85. The van der Waals surface area contributed by atoms with Crippen molar-refractivity contribution in [2.75, 3.05) is 0 Å². The maximum absolute atomic E-state index is 12.5. The molecule has 2 aromatic rings. The minimum atomic E-state index is 0.0213. The summed E-state index contributed by atoms with van der Waals surface area (Å²) in [6, 6.07) is 13.3. The van der Waals surface area contributed by atoms with Crippen LogP contribution in [-0.4, -0.2) is 5.78 Å². The van der Waals surface area contributed by atoms with E-state index in [-0.39, 0.29) is 5.78 Å². The van der Waals surface area contributed by atoms with Crippen molar-refractivity contribution in [2.45, 2.75) is 20.3 Å². The molecule has 0 aliphatic heterocycles. The van der Waals surface area contributed by atoms with Crippen LogP contribution in [0.25, 0.3) is 0 Å². The minimum absolute atomic E-state index is 0.0213. The van der Waals surface area contributed by atoms with Gasteiger partial charge in [0.05, 0.1) is 0 Å². The Hall–Kier alpha value is -0.870. The molecule has 0 heterocycles. The number of rotatable bonds is 4. The van der Waals surface area contributed by atoms with Crippen molar-refractivity contribution in [2.24, 2.45) is 5.92 Å². The van der Waals surface area contributed by atoms with Crippen molar-refractivity contribution >= 4 is 40.0 Å². The molecule has 0 saturated carbocycles. The van der Waals surface area contributed by atoms with Crippen LogP contribution >= 0.6 is 34.2 Å². The monoisotopic (exact) mass is 398 g/mol. The van der Waals surface area contributed by atoms with E-state index in [1.165, 1.54) is 5.56 Å². The summed E-state index contributed by atoms with van der Waals surface area (Å²) in [7, 11) is 0. The van der Waals surface area contributed by atoms with Gasteiger partial charge < -0.3 is 0 Å². The van der Waals surface area contributed by atoms with Gasteiger partial charge in [-0.25, -0.2) is 0 Å². The average molecular weight is 399 g/mol. The highest BCUT2D eigenvalue weighted by Gasteiger charge is 2.13. The van der Waals surface area contributed by atoms with E-state index in [1.807, 2.05) is 30.3 Å². The number of hydrogen-bond donors (Lipinski definition) is 0. The van der Waals surface area contributed by atoms with Crippen LogP contribution in [0.1, 0.15) is 35.3 Å². The number of carbonyl (C=O) groups is 1. The highest BCUT2D eigenvalue weighted by atomic mass is 127. The van der Waals surface area contributed by atoms with Gasteiger partial charge in [-0.15, -0.1) is 0 Å². The summed E-state index contributed by atoms with van der Waals surface area (Å²) in [6.45, 7) is 4.38. The highest BCUT2D eigenvalue weighted by molar-refractivity contribution is 14.1. The third-order valence-corrected chi connectivity index (χ3v) is 4.21. The molecule has 0 saturated heterocycles. The van der Waals surface area contributed by atoms with Gasteiger partial charge in [0.15, 0.2) is 5.78 Å². The molecule has 0 aliphatic rings. The molecule has 3 heteroatoms. The Labute approximate surface area is 138 Å². The van der Waals surface area contributed by atoms with E-state index >= 15 is 0 Å². The predicted molar refractivity (Wildman–Crippen MR) is 92.6 cm³/mol. The molecular weight excluding hydrogens is 383 g/mol. The van der Waals surface area contributed by atoms with E-state index in [1.54, 1.807) is 12.1 Å². The van der Waals surface area contributed by atoms with Crippen LogP contribution in [0.2, 0.25) is 5.02 Å². The van der Waals surface area contributed by atoms with E-state index in [0.29, 0.717) is 22.1 Å². The van der Waals surface area contributed by atoms with Gasteiger partial charge in [-0.2, -0.15) is 0 Å². The Morgan fingerprint density at radius 2 is 1.80 bits per heavy atom. The molecule has 20 heavy (non-hydrogen) atoms. The minimum Gasteiger partial charge on any atom is -0.289 e. The molecule has 2 rings (SSSR count). The van der Waals surface area contributed by atoms with Crippen LogP contribution in [0.15, 0.2) is 42.5 Å². The zero-order valence-electron chi connectivity index (χ0n) is 11.5. The topological polar surface area (TPSA) is 17.1 Å². The van der Waals surface area contributed by atoms with Gasteiger partial charge >= 0.3 is 0 Å². The fourth-order valence-electron chi connectivity index (χ4n) is 2.09. The fourth-order valence-corrected chi connectivity index (χ4v) is 2.84. The number of carbonyl (C=O) groups excluding carboxylic acids is 1. The second-order valence-electron chi connectivity index (χ2n) is 5.25. The quantitative estimate of drug-likeness (QED) is 0.499. The molecule has 0 N–H and O–H groups in total. The summed E-state index contributed by atoms with van der Waals surface area (Å²) in [5.41, 5.74) is 2.63. The van der Waals surface area contributed by atoms with Crippen LogP contribution in [0.4, 0.5) is 0 Å². The van der Waals surface area contributed by atoms with Crippen molar-refractivity contribution in [1.82, 2.24) is 0 Å². The van der Waals surface area contributed by atoms with Gasteiger partial charge in [0.1, 0.15) is 0 Å². The normalized spacial score (nSPS) is 10.8. The lowest BCUT2D eigenvalue weighted by molar-refractivity contribution is 0.103. The lowest BCUT2D eigenvalue weighted by Gasteiger charge is -2.07. The van der Waals surface area contributed by atoms with Crippen molar-refractivity contribution in [3.05, 3.63) is 67.7 Å². The molecule has 0 unspecified atom stereocenters. The van der Waals surface area contributed by atoms with Gasteiger partial charge in [0, 0.05) is 19.7 Å². The number of hydrogen-bond acceptors (Lipinski definition) is 1. The number of halogens is 2. The number of benzene rings is 2. The third-order valence-electron chi connectivity index (χ3n) is 3.03. The Morgan fingerprint density at radius 1 is 1.15 bits per heavy atom. The zero-order chi connectivity index (χ0) is 14.7. The van der Waals surface area contributed by atoms with Gasteiger partial charge in [0.25, 0.3) is 0 Å². The van der Waals surface area contributed by atoms with Crippen molar-refractivity contribution in [3.8, 4) is 0 Å². The molecule has 2 aromatic carbocycles. The SMILES string of the molecule is CC(C)Cc1ccc(C(=O)c2cc(Cl)ccc2I)cc1. The molecule has 1 nitrogen and oxygen atoms in total. The first-order valence-electron chi connectivity index (χ1n) is 6.56. The summed E-state index contributed by atoms with van der Waals surface area (Å²) in [5.74, 6) is 0.637. The van der Waals surface area contributed by atoms with Crippen molar-refractivity contribution in [3.63, 3.8) is 0 Å². The standard InChI is InChI=1S/C17H16ClIO/c1-11(2)9-12-3-5-13(6-4-12)17(20)15-10-14(18)7-8-16(15)19/h3-8,10-11H,9H2,1-2H3. The Morgan fingerprint density at radius 3 is 2.40 bits per heavy atom. The molecule has 0 bridgehead atoms. The highest BCUT2D eigenvalue weighted by Crippen LogP contribution is 2.21. The Kier molecular flexibility index (Phi) is 5.22. The maximum atomic E-state index is 12.5. The largest absolute Gasteiger partial charge is 0.289 e.